The molecule has 3 aliphatic rings. The van der Waals surface area contributed by atoms with Crippen LogP contribution in [0.1, 0.15) is 36.8 Å². The molecule has 0 atom stereocenters. The molecule has 0 radical (unpaired) electrons. The molecule has 0 amide bonds. The van der Waals surface area contributed by atoms with Gasteiger partial charge in [-0.3, -0.25) is 23.5 Å². The number of pyridine rings is 4. The third-order valence-corrected chi connectivity index (χ3v) is 10.5. The van der Waals surface area contributed by atoms with Crippen LogP contribution >= 0.6 is 0 Å². The van der Waals surface area contributed by atoms with Crippen LogP contribution in [0.2, 0.25) is 0 Å². The molecule has 0 unspecified atom stereocenters. The summed E-state index contributed by atoms with van der Waals surface area (Å²) in [6.45, 7) is 8.11. The van der Waals surface area contributed by atoms with E-state index in [2.05, 4.69) is 37.2 Å². The van der Waals surface area contributed by atoms with E-state index < -0.39 is 0 Å². The number of aromatic nitrogens is 4. The Morgan fingerprint density at radius 2 is 1.29 bits per heavy atom. The van der Waals surface area contributed by atoms with E-state index in [1.807, 2.05) is 42.5 Å². The van der Waals surface area contributed by atoms with E-state index >= 15 is 0 Å². The average Bonchev–Trinajstić information content (AvgIpc) is 3.17. The van der Waals surface area contributed by atoms with Gasteiger partial charge in [0.1, 0.15) is 23.7 Å². The van der Waals surface area contributed by atoms with Crippen molar-refractivity contribution in [1.29, 1.82) is 0 Å². The smallest absolute Gasteiger partial charge is 0.252 e. The molecule has 3 N–H and O–H groups in total. The van der Waals surface area contributed by atoms with Crippen LogP contribution in [-0.4, -0.2) is 92.6 Å². The number of nitrogens with zero attached hydrogens (tertiary/aromatic N) is 6. The highest BCUT2D eigenvalue weighted by Crippen LogP contribution is 2.25. The number of hydrogen-bond acceptors (Lipinski definition) is 10. The molecule has 0 spiro atoms. The third kappa shape index (κ3) is 8.82. The highest BCUT2D eigenvalue weighted by molar-refractivity contribution is 5.84. The fraction of sp³-hybridized carbons (Fsp3) is 0.425. The Bertz CT molecular complexity index is 2120. The summed E-state index contributed by atoms with van der Waals surface area (Å²) in [6, 6.07) is 21.6. The van der Waals surface area contributed by atoms with Crippen LogP contribution < -0.4 is 26.9 Å². The molecule has 0 saturated carbocycles. The summed E-state index contributed by atoms with van der Waals surface area (Å²) in [4.78, 5) is 49.6. The number of ketones is 1. The van der Waals surface area contributed by atoms with Crippen molar-refractivity contribution >= 4 is 27.9 Å². The van der Waals surface area contributed by atoms with Crippen LogP contribution in [0, 0.1) is 0 Å². The zero-order valence-electron chi connectivity index (χ0n) is 29.7. The number of benzene rings is 1. The Labute approximate surface area is 303 Å². The van der Waals surface area contributed by atoms with Gasteiger partial charge in [0.2, 0.25) is 0 Å². The topological polar surface area (TPSA) is 141 Å². The summed E-state index contributed by atoms with van der Waals surface area (Å²) >= 11 is 0. The number of rotatable bonds is 9. The molecule has 5 aromatic rings. The first-order valence-corrected chi connectivity index (χ1v) is 18.5. The minimum absolute atomic E-state index is 0.00454. The standard InChI is InChI=1S/C25H28N4O3.C15H20N4O/c30-22-15-20-14-18(3-5-23(20)32-17-22)16-27-21-7-10-28(11-8-21)12-13-29-24(31)6-4-19-2-1-9-26-25(19)29;16-13-5-8-18(9-6-13)10-11-19-14(20)4-3-12-2-1-7-17-15(12)19/h1-6,9,14,21,27H,7-8,10-13,15-17H2;1-4,7,13H,5-6,8-11,16H2. The van der Waals surface area contributed by atoms with Crippen molar-refractivity contribution in [3.63, 3.8) is 0 Å². The van der Waals surface area contributed by atoms with Gasteiger partial charge in [-0.1, -0.05) is 12.1 Å². The Kier molecular flexibility index (Phi) is 11.5. The van der Waals surface area contributed by atoms with Crippen molar-refractivity contribution in [3.05, 3.63) is 111 Å². The molecule has 0 bridgehead atoms. The quantitative estimate of drug-likeness (QED) is 0.235. The van der Waals surface area contributed by atoms with Crippen LogP contribution in [0.4, 0.5) is 0 Å². The van der Waals surface area contributed by atoms with Gasteiger partial charge >= 0.3 is 0 Å². The lowest BCUT2D eigenvalue weighted by Gasteiger charge is -2.32. The van der Waals surface area contributed by atoms with E-state index in [4.69, 9.17) is 10.5 Å². The van der Waals surface area contributed by atoms with Gasteiger partial charge in [0.05, 0.1) is 0 Å². The molecule has 12 nitrogen and oxygen atoms in total. The number of carbonyl (C=O) groups excluding carboxylic acids is 1. The number of hydrogen-bond donors (Lipinski definition) is 2. The molecular weight excluding hydrogens is 656 g/mol. The zero-order chi connectivity index (χ0) is 35.9. The number of piperidine rings is 2. The number of fused-ring (bicyclic) bond motifs is 3. The van der Waals surface area contributed by atoms with E-state index in [1.165, 1.54) is 5.56 Å². The maximum atomic E-state index is 12.4. The first-order chi connectivity index (χ1) is 25.4. The van der Waals surface area contributed by atoms with Crippen LogP contribution in [0.15, 0.2) is 88.7 Å². The SMILES string of the molecule is NC1CCN(CCn2c(=O)ccc3cccnc32)CC1.O=C1COc2ccc(CNC3CCN(CCn4c(=O)ccc5cccnc54)CC3)cc2C1. The number of likely N-dealkylation sites (tertiary alicyclic amines) is 2. The molecular formula is C40H48N8O4. The van der Waals surface area contributed by atoms with Crippen LogP contribution in [0.5, 0.6) is 5.75 Å². The summed E-state index contributed by atoms with van der Waals surface area (Å²) in [5, 5.41) is 5.67. The molecule has 4 aromatic heterocycles. The van der Waals surface area contributed by atoms with Crippen molar-refractivity contribution in [1.82, 2.24) is 34.2 Å². The fourth-order valence-corrected chi connectivity index (χ4v) is 7.40. The Morgan fingerprint density at radius 3 is 1.88 bits per heavy atom. The lowest BCUT2D eigenvalue weighted by atomic mass is 10.0. The lowest BCUT2D eigenvalue weighted by Crippen LogP contribution is -2.43. The predicted octanol–water partition coefficient (Wildman–Crippen LogP) is 2.97. The monoisotopic (exact) mass is 704 g/mol. The van der Waals surface area contributed by atoms with E-state index in [9.17, 15) is 14.4 Å². The summed E-state index contributed by atoms with van der Waals surface area (Å²) in [5.74, 6) is 0.971. The second kappa shape index (κ2) is 16.7. The minimum atomic E-state index is 0.00454. The second-order valence-corrected chi connectivity index (χ2v) is 14.1. The molecule has 2 saturated heterocycles. The van der Waals surface area contributed by atoms with E-state index in [1.54, 1.807) is 33.7 Å². The summed E-state index contributed by atoms with van der Waals surface area (Å²) in [5.41, 5.74) is 9.65. The first-order valence-electron chi connectivity index (χ1n) is 18.5. The number of nitrogens with one attached hydrogen (secondary N) is 1. The average molecular weight is 705 g/mol. The lowest BCUT2D eigenvalue weighted by molar-refractivity contribution is -0.121. The van der Waals surface area contributed by atoms with Crippen LogP contribution in [0.3, 0.4) is 0 Å². The van der Waals surface area contributed by atoms with Crippen molar-refractivity contribution in [2.75, 3.05) is 45.9 Å². The summed E-state index contributed by atoms with van der Waals surface area (Å²) in [7, 11) is 0. The molecule has 1 aromatic carbocycles. The normalized spacial score (nSPS) is 17.4. The molecule has 0 aliphatic carbocycles. The zero-order valence-corrected chi connectivity index (χ0v) is 29.7. The van der Waals surface area contributed by atoms with Gasteiger partial charge in [-0.2, -0.15) is 0 Å². The van der Waals surface area contributed by atoms with Gasteiger partial charge in [-0.15, -0.1) is 0 Å². The molecule has 2 fully saturated rings. The van der Waals surface area contributed by atoms with Crippen molar-refractivity contribution in [2.24, 2.45) is 5.73 Å². The fourth-order valence-electron chi connectivity index (χ4n) is 7.40. The van der Waals surface area contributed by atoms with Crippen molar-refractivity contribution < 1.29 is 9.53 Å². The molecule has 8 rings (SSSR count). The largest absolute Gasteiger partial charge is 0.486 e. The Morgan fingerprint density at radius 1 is 0.712 bits per heavy atom. The van der Waals surface area contributed by atoms with Crippen molar-refractivity contribution in [3.8, 4) is 5.75 Å². The second-order valence-electron chi connectivity index (χ2n) is 14.1. The highest BCUT2D eigenvalue weighted by Gasteiger charge is 2.21. The van der Waals surface area contributed by atoms with E-state index in [0.717, 1.165) is 105 Å². The minimum Gasteiger partial charge on any atom is -0.486 e. The summed E-state index contributed by atoms with van der Waals surface area (Å²) in [6.07, 6.45) is 8.19. The number of carbonyl (C=O) groups is 1. The Hall–Kier alpha value is -4.75. The van der Waals surface area contributed by atoms with Gasteiger partial charge in [-0.25, -0.2) is 9.97 Å². The highest BCUT2D eigenvalue weighted by atomic mass is 16.5. The summed E-state index contributed by atoms with van der Waals surface area (Å²) < 4.78 is 9.03. The van der Waals surface area contributed by atoms with Crippen LogP contribution in [0.25, 0.3) is 22.1 Å². The number of Topliss-reactive ketones (excluding diaryl/α,β-unsaturated/α-hetero) is 1. The van der Waals surface area contributed by atoms with Gasteiger partial charge in [0, 0.05) is 92.1 Å². The van der Waals surface area contributed by atoms with E-state index in [-0.39, 0.29) is 23.5 Å². The molecule has 52 heavy (non-hydrogen) atoms. The van der Waals surface area contributed by atoms with Crippen LogP contribution in [-0.2, 0) is 30.8 Å². The Balaban J connectivity index is 0.000000180. The number of nitrogens with two attached hydrogens (primary N) is 1. The molecule has 12 heteroatoms. The molecule has 272 valence electrons. The van der Waals surface area contributed by atoms with Crippen molar-refractivity contribution in [2.45, 2.75) is 63.8 Å². The third-order valence-electron chi connectivity index (χ3n) is 10.5. The molecule has 3 aliphatic heterocycles. The predicted molar refractivity (Wildman–Crippen MR) is 203 cm³/mol. The van der Waals surface area contributed by atoms with Gasteiger partial charge in [0.25, 0.3) is 11.1 Å². The van der Waals surface area contributed by atoms with Gasteiger partial charge in [0.15, 0.2) is 5.78 Å². The molecule has 7 heterocycles. The first kappa shape index (κ1) is 35.6. The van der Waals surface area contributed by atoms with Gasteiger partial charge < -0.3 is 25.6 Å². The van der Waals surface area contributed by atoms with Gasteiger partial charge in [-0.05, 0) is 99.9 Å². The maximum absolute atomic E-state index is 12.4. The maximum Gasteiger partial charge on any atom is 0.252 e. The van der Waals surface area contributed by atoms with E-state index in [0.29, 0.717) is 31.6 Å². The number of ether oxygens (including phenoxy) is 1.